The molecule has 0 spiro atoms. The minimum atomic E-state index is -1.39. The zero-order valence-corrected chi connectivity index (χ0v) is 16.7. The van der Waals surface area contributed by atoms with E-state index in [1.807, 2.05) is 0 Å². The summed E-state index contributed by atoms with van der Waals surface area (Å²) in [6, 6.07) is 11.9. The number of barbiturate groups is 1. The van der Waals surface area contributed by atoms with E-state index in [4.69, 9.17) is 0 Å². The van der Waals surface area contributed by atoms with Crippen molar-refractivity contribution in [1.82, 2.24) is 10.7 Å². The third-order valence-electron chi connectivity index (χ3n) is 4.42. The third-order valence-corrected chi connectivity index (χ3v) is 4.42. The summed E-state index contributed by atoms with van der Waals surface area (Å²) in [5, 5.41) is 8.40. The van der Waals surface area contributed by atoms with Crippen molar-refractivity contribution in [3.05, 3.63) is 59.7 Å². The van der Waals surface area contributed by atoms with Crippen LogP contribution in [-0.2, 0) is 14.4 Å². The van der Waals surface area contributed by atoms with Crippen molar-refractivity contribution in [2.75, 3.05) is 10.2 Å². The van der Waals surface area contributed by atoms with E-state index in [0.717, 1.165) is 11.1 Å². The molecule has 0 aliphatic carbocycles. The van der Waals surface area contributed by atoms with Crippen molar-refractivity contribution >= 4 is 47.2 Å². The number of anilines is 2. The Kier molecular flexibility index (Phi) is 6.20. The molecule has 1 aliphatic rings. The highest BCUT2D eigenvalue weighted by atomic mass is 16.2. The van der Waals surface area contributed by atoms with Crippen LogP contribution in [0.4, 0.5) is 16.2 Å². The summed E-state index contributed by atoms with van der Waals surface area (Å²) in [7, 11) is 0. The molecule has 10 nitrogen and oxygen atoms in total. The third kappa shape index (κ3) is 4.81. The SMILES string of the molecule is CC(=O)Nc1ccc(C(=O)N/N=C\[C@H]2C(=O)NC(=O)N(c3ccccc3C)C2=O)cc1. The number of benzene rings is 2. The van der Waals surface area contributed by atoms with E-state index in [1.54, 1.807) is 43.3 Å². The summed E-state index contributed by atoms with van der Waals surface area (Å²) < 4.78 is 0. The van der Waals surface area contributed by atoms with Crippen LogP contribution < -0.4 is 21.0 Å². The van der Waals surface area contributed by atoms with Gasteiger partial charge in [-0.25, -0.2) is 15.1 Å². The molecule has 0 radical (unpaired) electrons. The number of para-hydroxylation sites is 1. The van der Waals surface area contributed by atoms with Crippen LogP contribution in [0.25, 0.3) is 0 Å². The second-order valence-corrected chi connectivity index (χ2v) is 6.71. The molecule has 1 heterocycles. The molecule has 3 N–H and O–H groups in total. The fourth-order valence-corrected chi connectivity index (χ4v) is 2.91. The summed E-state index contributed by atoms with van der Waals surface area (Å²) in [5.41, 5.74) is 4.03. The molecule has 1 fully saturated rings. The first-order chi connectivity index (χ1) is 14.8. The molecular weight excluding hydrogens is 402 g/mol. The van der Waals surface area contributed by atoms with Crippen LogP contribution in [0.2, 0.25) is 0 Å². The molecule has 158 valence electrons. The number of urea groups is 1. The summed E-state index contributed by atoms with van der Waals surface area (Å²) in [4.78, 5) is 61.2. The number of hydrazone groups is 1. The molecule has 1 saturated heterocycles. The van der Waals surface area contributed by atoms with Gasteiger partial charge in [0.15, 0.2) is 5.92 Å². The fourth-order valence-electron chi connectivity index (χ4n) is 2.91. The van der Waals surface area contributed by atoms with Crippen LogP contribution in [-0.4, -0.2) is 35.9 Å². The van der Waals surface area contributed by atoms with Gasteiger partial charge in [-0.3, -0.25) is 24.5 Å². The van der Waals surface area contributed by atoms with E-state index in [1.165, 1.54) is 19.1 Å². The maximum atomic E-state index is 12.8. The first-order valence-corrected chi connectivity index (χ1v) is 9.23. The van der Waals surface area contributed by atoms with Gasteiger partial charge >= 0.3 is 6.03 Å². The Morgan fingerprint density at radius 3 is 2.39 bits per heavy atom. The second kappa shape index (κ2) is 8.99. The Labute approximate surface area is 177 Å². The second-order valence-electron chi connectivity index (χ2n) is 6.71. The number of carbonyl (C=O) groups is 5. The van der Waals surface area contributed by atoms with Crippen LogP contribution in [0.15, 0.2) is 53.6 Å². The standard InChI is InChI=1S/C21H19N5O5/c1-12-5-3-4-6-17(12)26-20(30)16(19(29)24-21(26)31)11-22-25-18(28)14-7-9-15(10-8-14)23-13(2)27/h3-11,16H,1-2H3,(H,23,27)(H,25,28)(H,24,29,31)/b22-11-/t16-/m0/s1. The largest absolute Gasteiger partial charge is 0.335 e. The normalized spacial score (nSPS) is 16.3. The number of amides is 6. The molecule has 2 aromatic carbocycles. The first kappa shape index (κ1) is 21.4. The number of nitrogens with one attached hydrogen (secondary N) is 3. The average Bonchev–Trinajstić information content (AvgIpc) is 2.71. The van der Waals surface area contributed by atoms with Crippen molar-refractivity contribution in [1.29, 1.82) is 0 Å². The van der Waals surface area contributed by atoms with Gasteiger partial charge in [-0.1, -0.05) is 18.2 Å². The maximum absolute atomic E-state index is 12.8. The molecule has 6 amide bonds. The Morgan fingerprint density at radius 2 is 1.74 bits per heavy atom. The monoisotopic (exact) mass is 421 g/mol. The number of carbonyl (C=O) groups excluding carboxylic acids is 5. The van der Waals surface area contributed by atoms with Crippen LogP contribution in [0.1, 0.15) is 22.8 Å². The van der Waals surface area contributed by atoms with E-state index < -0.39 is 29.7 Å². The lowest BCUT2D eigenvalue weighted by atomic mass is 10.0. The van der Waals surface area contributed by atoms with Gasteiger partial charge in [-0.05, 0) is 42.8 Å². The zero-order chi connectivity index (χ0) is 22.5. The maximum Gasteiger partial charge on any atom is 0.335 e. The molecule has 3 rings (SSSR count). The number of hydrogen-bond donors (Lipinski definition) is 3. The van der Waals surface area contributed by atoms with Gasteiger partial charge in [0.05, 0.1) is 5.69 Å². The van der Waals surface area contributed by atoms with E-state index in [9.17, 15) is 24.0 Å². The van der Waals surface area contributed by atoms with Crippen molar-refractivity contribution in [3.63, 3.8) is 0 Å². The fraction of sp³-hybridized carbons (Fsp3) is 0.143. The molecule has 0 unspecified atom stereocenters. The summed E-state index contributed by atoms with van der Waals surface area (Å²) in [5.74, 6) is -3.82. The Hall–Kier alpha value is -4.34. The van der Waals surface area contributed by atoms with Gasteiger partial charge < -0.3 is 5.32 Å². The lowest BCUT2D eigenvalue weighted by molar-refractivity contribution is -0.131. The van der Waals surface area contributed by atoms with Gasteiger partial charge in [0.1, 0.15) is 0 Å². The molecule has 31 heavy (non-hydrogen) atoms. The van der Waals surface area contributed by atoms with Crippen LogP contribution in [0.3, 0.4) is 0 Å². The van der Waals surface area contributed by atoms with Crippen molar-refractivity contribution in [2.24, 2.45) is 11.0 Å². The Bertz CT molecular complexity index is 1090. The predicted molar refractivity (Wildman–Crippen MR) is 112 cm³/mol. The Balaban J connectivity index is 1.70. The first-order valence-electron chi connectivity index (χ1n) is 9.23. The molecule has 0 aromatic heterocycles. The Morgan fingerprint density at radius 1 is 1.06 bits per heavy atom. The number of rotatable bonds is 5. The molecule has 1 atom stereocenters. The van der Waals surface area contributed by atoms with Gasteiger partial charge in [-0.2, -0.15) is 5.10 Å². The van der Waals surface area contributed by atoms with Crippen molar-refractivity contribution in [3.8, 4) is 0 Å². The highest BCUT2D eigenvalue weighted by molar-refractivity contribution is 6.32. The molecule has 0 saturated carbocycles. The zero-order valence-electron chi connectivity index (χ0n) is 16.7. The van der Waals surface area contributed by atoms with Crippen LogP contribution >= 0.6 is 0 Å². The lowest BCUT2D eigenvalue weighted by Crippen LogP contribution is -2.59. The molecular formula is C21H19N5O5. The number of nitrogens with zero attached hydrogens (tertiary/aromatic N) is 2. The van der Waals surface area contributed by atoms with E-state index >= 15 is 0 Å². The van der Waals surface area contributed by atoms with Gasteiger partial charge in [0, 0.05) is 24.4 Å². The molecule has 1 aliphatic heterocycles. The van der Waals surface area contributed by atoms with E-state index in [-0.39, 0.29) is 11.5 Å². The molecule has 2 aromatic rings. The summed E-state index contributed by atoms with van der Waals surface area (Å²) in [6.07, 6.45) is 0.971. The minimum absolute atomic E-state index is 0.240. The van der Waals surface area contributed by atoms with Gasteiger partial charge in [0.2, 0.25) is 11.8 Å². The lowest BCUT2D eigenvalue weighted by Gasteiger charge is -2.29. The van der Waals surface area contributed by atoms with Gasteiger partial charge in [-0.15, -0.1) is 0 Å². The average molecular weight is 421 g/mol. The summed E-state index contributed by atoms with van der Waals surface area (Å²) >= 11 is 0. The van der Waals surface area contributed by atoms with Crippen LogP contribution in [0.5, 0.6) is 0 Å². The topological polar surface area (TPSA) is 137 Å². The minimum Gasteiger partial charge on any atom is -0.326 e. The van der Waals surface area contributed by atoms with Crippen LogP contribution in [0, 0.1) is 12.8 Å². The van der Waals surface area contributed by atoms with E-state index in [0.29, 0.717) is 16.9 Å². The van der Waals surface area contributed by atoms with Gasteiger partial charge in [0.25, 0.3) is 11.8 Å². The van der Waals surface area contributed by atoms with Crippen molar-refractivity contribution < 1.29 is 24.0 Å². The number of aryl methyl sites for hydroxylation is 1. The molecule has 0 bridgehead atoms. The number of hydrogen-bond acceptors (Lipinski definition) is 6. The van der Waals surface area contributed by atoms with Crippen molar-refractivity contribution in [2.45, 2.75) is 13.8 Å². The van der Waals surface area contributed by atoms with E-state index in [2.05, 4.69) is 21.2 Å². The highest BCUT2D eigenvalue weighted by Gasteiger charge is 2.40. The number of imide groups is 2. The predicted octanol–water partition coefficient (Wildman–Crippen LogP) is 1.57. The highest BCUT2D eigenvalue weighted by Crippen LogP contribution is 2.23. The quantitative estimate of drug-likeness (QED) is 0.382. The smallest absolute Gasteiger partial charge is 0.326 e. The summed E-state index contributed by atoms with van der Waals surface area (Å²) in [6.45, 7) is 3.10. The molecule has 10 heteroatoms.